The fourth-order valence-electron chi connectivity index (χ4n) is 2.82. The lowest BCUT2D eigenvalue weighted by Gasteiger charge is -2.08. The molecule has 0 fully saturated rings. The first-order valence-corrected chi connectivity index (χ1v) is 9.01. The summed E-state index contributed by atoms with van der Waals surface area (Å²) in [7, 11) is 2.55. The Labute approximate surface area is 177 Å². The van der Waals surface area contributed by atoms with Crippen LogP contribution in [-0.4, -0.2) is 31.1 Å². The van der Waals surface area contributed by atoms with Gasteiger partial charge in [0.25, 0.3) is 5.69 Å². The van der Waals surface area contributed by atoms with Crippen LogP contribution < -0.4 is 0 Å². The second kappa shape index (κ2) is 9.40. The number of azo groups is 1. The van der Waals surface area contributed by atoms with Crippen molar-refractivity contribution in [2.24, 2.45) is 10.2 Å². The molecule has 31 heavy (non-hydrogen) atoms. The van der Waals surface area contributed by atoms with Crippen molar-refractivity contribution in [2.45, 2.75) is 0 Å². The molecular formula is C22H17N3O6. The third-order valence-electron chi connectivity index (χ3n) is 4.38. The lowest BCUT2D eigenvalue weighted by molar-refractivity contribution is -0.384. The first kappa shape index (κ1) is 21.3. The molecule has 3 rings (SSSR count). The average molecular weight is 419 g/mol. The number of carbonyl (C=O) groups is 2. The standard InChI is InChI=1S/C22H17N3O6/c1-30-21(26)15-9-7-14(8-10-15)17-12-11-16(22(27)31-2)13-19(17)24-23-18-5-3-4-6-20(18)25(28)29/h3-13H,1-2H3. The lowest BCUT2D eigenvalue weighted by Crippen LogP contribution is -2.01. The van der Waals surface area contributed by atoms with E-state index in [2.05, 4.69) is 10.2 Å². The Bertz CT molecular complexity index is 1170. The molecule has 0 saturated carbocycles. The number of esters is 2. The molecule has 0 atom stereocenters. The van der Waals surface area contributed by atoms with E-state index in [4.69, 9.17) is 9.47 Å². The van der Waals surface area contributed by atoms with Gasteiger partial charge in [0, 0.05) is 11.6 Å². The van der Waals surface area contributed by atoms with E-state index in [0.717, 1.165) is 0 Å². The van der Waals surface area contributed by atoms with E-state index >= 15 is 0 Å². The van der Waals surface area contributed by atoms with Crippen molar-refractivity contribution in [2.75, 3.05) is 14.2 Å². The lowest BCUT2D eigenvalue weighted by atomic mass is 10.0. The van der Waals surface area contributed by atoms with Gasteiger partial charge in [0.15, 0.2) is 5.69 Å². The summed E-state index contributed by atoms with van der Waals surface area (Å²) in [5, 5.41) is 19.4. The molecule has 0 N–H and O–H groups in total. The minimum atomic E-state index is -0.560. The maximum Gasteiger partial charge on any atom is 0.337 e. The Kier molecular flexibility index (Phi) is 6.46. The maximum atomic E-state index is 11.9. The van der Waals surface area contributed by atoms with Gasteiger partial charge >= 0.3 is 11.9 Å². The normalized spacial score (nSPS) is 10.6. The molecule has 0 radical (unpaired) electrons. The third kappa shape index (κ3) is 4.78. The predicted molar refractivity (Wildman–Crippen MR) is 112 cm³/mol. The Morgan fingerprint density at radius 1 is 0.806 bits per heavy atom. The molecule has 0 aliphatic heterocycles. The number of nitro groups is 1. The van der Waals surface area contributed by atoms with Crippen molar-refractivity contribution in [3.05, 3.63) is 88.0 Å². The predicted octanol–water partition coefficient (Wildman–Crippen LogP) is 5.25. The minimum absolute atomic E-state index is 0.0722. The number of hydrogen-bond acceptors (Lipinski definition) is 8. The van der Waals surface area contributed by atoms with Gasteiger partial charge in [0.05, 0.1) is 36.0 Å². The first-order valence-electron chi connectivity index (χ1n) is 9.01. The number of hydrogen-bond donors (Lipinski definition) is 0. The largest absolute Gasteiger partial charge is 0.465 e. The highest BCUT2D eigenvalue weighted by atomic mass is 16.6. The van der Waals surface area contributed by atoms with Crippen LogP contribution in [-0.2, 0) is 9.47 Å². The van der Waals surface area contributed by atoms with Gasteiger partial charge in [-0.15, -0.1) is 10.2 Å². The average Bonchev–Trinajstić information content (AvgIpc) is 2.81. The molecule has 0 aromatic heterocycles. The summed E-state index contributed by atoms with van der Waals surface area (Å²) in [5.41, 5.74) is 2.09. The van der Waals surface area contributed by atoms with Crippen molar-refractivity contribution < 1.29 is 24.0 Å². The second-order valence-corrected chi connectivity index (χ2v) is 6.24. The number of nitro benzene ring substituents is 1. The number of nitrogens with zero attached hydrogens (tertiary/aromatic N) is 3. The smallest absolute Gasteiger partial charge is 0.337 e. The molecule has 0 bridgehead atoms. The molecule has 0 aliphatic carbocycles. The Morgan fingerprint density at radius 3 is 2.03 bits per heavy atom. The van der Waals surface area contributed by atoms with Gasteiger partial charge in [-0.3, -0.25) is 10.1 Å². The van der Waals surface area contributed by atoms with E-state index < -0.39 is 16.9 Å². The van der Waals surface area contributed by atoms with Crippen molar-refractivity contribution in [1.82, 2.24) is 0 Å². The van der Waals surface area contributed by atoms with Crippen LogP contribution in [0.25, 0.3) is 11.1 Å². The molecule has 0 heterocycles. The molecule has 0 spiro atoms. The highest BCUT2D eigenvalue weighted by Gasteiger charge is 2.15. The number of benzene rings is 3. The molecule has 3 aromatic rings. The highest BCUT2D eigenvalue weighted by molar-refractivity contribution is 5.93. The molecule has 9 heteroatoms. The summed E-state index contributed by atoms with van der Waals surface area (Å²) in [6, 6.07) is 17.2. The topological polar surface area (TPSA) is 120 Å². The summed E-state index contributed by atoms with van der Waals surface area (Å²) in [5.74, 6) is -1.03. The van der Waals surface area contributed by atoms with Gasteiger partial charge in [-0.2, -0.15) is 0 Å². The number of ether oxygens (including phenoxy) is 2. The van der Waals surface area contributed by atoms with Gasteiger partial charge in [0.1, 0.15) is 0 Å². The number of carbonyl (C=O) groups excluding carboxylic acids is 2. The Balaban J connectivity index is 2.08. The summed E-state index contributed by atoms with van der Waals surface area (Å²) >= 11 is 0. The summed E-state index contributed by atoms with van der Waals surface area (Å²) < 4.78 is 9.45. The van der Waals surface area contributed by atoms with E-state index in [1.165, 1.54) is 38.5 Å². The summed E-state index contributed by atoms with van der Waals surface area (Å²) in [6.07, 6.45) is 0. The highest BCUT2D eigenvalue weighted by Crippen LogP contribution is 2.34. The molecule has 9 nitrogen and oxygen atoms in total. The fourth-order valence-corrected chi connectivity index (χ4v) is 2.82. The van der Waals surface area contributed by atoms with Crippen molar-refractivity contribution in [3.8, 4) is 11.1 Å². The number of methoxy groups -OCH3 is 2. The van der Waals surface area contributed by atoms with Gasteiger partial charge in [-0.1, -0.05) is 30.3 Å². The van der Waals surface area contributed by atoms with Crippen molar-refractivity contribution >= 4 is 29.0 Å². The third-order valence-corrected chi connectivity index (χ3v) is 4.38. The number of para-hydroxylation sites is 1. The minimum Gasteiger partial charge on any atom is -0.465 e. The van der Waals surface area contributed by atoms with E-state index in [-0.39, 0.29) is 16.9 Å². The van der Waals surface area contributed by atoms with Crippen LogP contribution in [0.3, 0.4) is 0 Å². The van der Waals surface area contributed by atoms with Gasteiger partial charge in [0.2, 0.25) is 0 Å². The Hall–Kier alpha value is -4.40. The first-order chi connectivity index (χ1) is 14.9. The van der Waals surface area contributed by atoms with Crippen LogP contribution >= 0.6 is 0 Å². The molecular weight excluding hydrogens is 402 g/mol. The number of rotatable bonds is 6. The monoisotopic (exact) mass is 419 g/mol. The fraction of sp³-hybridized carbons (Fsp3) is 0.0909. The van der Waals surface area contributed by atoms with Crippen LogP contribution in [0, 0.1) is 10.1 Å². The SMILES string of the molecule is COC(=O)c1ccc(-c2ccc(C(=O)OC)cc2N=Nc2ccccc2[N+](=O)[O-])cc1. The molecule has 0 saturated heterocycles. The molecule has 3 aromatic carbocycles. The quantitative estimate of drug-likeness (QED) is 0.233. The summed E-state index contributed by atoms with van der Waals surface area (Å²) in [6.45, 7) is 0. The zero-order valence-electron chi connectivity index (χ0n) is 16.6. The van der Waals surface area contributed by atoms with E-state index in [1.54, 1.807) is 42.5 Å². The molecule has 156 valence electrons. The van der Waals surface area contributed by atoms with Crippen LogP contribution in [0.1, 0.15) is 20.7 Å². The van der Waals surface area contributed by atoms with E-state index in [1.807, 2.05) is 0 Å². The van der Waals surface area contributed by atoms with Crippen LogP contribution in [0.2, 0.25) is 0 Å². The molecule has 0 unspecified atom stereocenters. The Morgan fingerprint density at radius 2 is 1.39 bits per heavy atom. The second-order valence-electron chi connectivity index (χ2n) is 6.24. The zero-order valence-corrected chi connectivity index (χ0v) is 16.6. The zero-order chi connectivity index (χ0) is 22.4. The van der Waals surface area contributed by atoms with E-state index in [0.29, 0.717) is 22.4 Å². The van der Waals surface area contributed by atoms with Gasteiger partial charge in [-0.05, 0) is 35.9 Å². The molecule has 0 amide bonds. The van der Waals surface area contributed by atoms with Gasteiger partial charge < -0.3 is 9.47 Å². The van der Waals surface area contributed by atoms with Crippen LogP contribution in [0.5, 0.6) is 0 Å². The van der Waals surface area contributed by atoms with Crippen LogP contribution in [0.4, 0.5) is 17.1 Å². The van der Waals surface area contributed by atoms with Gasteiger partial charge in [-0.25, -0.2) is 9.59 Å². The van der Waals surface area contributed by atoms with Crippen molar-refractivity contribution in [3.63, 3.8) is 0 Å². The maximum absolute atomic E-state index is 11.9. The molecule has 0 aliphatic rings. The van der Waals surface area contributed by atoms with Crippen LogP contribution in [0.15, 0.2) is 77.0 Å². The van der Waals surface area contributed by atoms with Crippen molar-refractivity contribution in [1.29, 1.82) is 0 Å². The van der Waals surface area contributed by atoms with E-state index in [9.17, 15) is 19.7 Å². The summed E-state index contributed by atoms with van der Waals surface area (Å²) in [4.78, 5) is 34.3.